The quantitative estimate of drug-likeness (QED) is 0.453. The van der Waals surface area contributed by atoms with Crippen molar-refractivity contribution in [1.82, 2.24) is 25.1 Å². The van der Waals surface area contributed by atoms with Gasteiger partial charge in [-0.2, -0.15) is 5.10 Å². The van der Waals surface area contributed by atoms with Crippen molar-refractivity contribution in [3.63, 3.8) is 0 Å². The number of hydrogen-bond acceptors (Lipinski definition) is 6. The molecule has 1 aliphatic carbocycles. The molecule has 9 heteroatoms. The molecule has 1 aromatic carbocycles. The summed E-state index contributed by atoms with van der Waals surface area (Å²) in [5.41, 5.74) is 1.82. The summed E-state index contributed by atoms with van der Waals surface area (Å²) in [6, 6.07) is 8.33. The van der Waals surface area contributed by atoms with Gasteiger partial charge in [0, 0.05) is 41.9 Å². The Kier molecular flexibility index (Phi) is 5.58. The Balaban J connectivity index is 1.30. The average Bonchev–Trinajstić information content (AvgIpc) is 3.48. The fraction of sp³-hybridized carbons (Fsp3) is 0.435. The lowest BCUT2D eigenvalue weighted by molar-refractivity contribution is 0.342. The van der Waals surface area contributed by atoms with E-state index < -0.39 is 9.73 Å². The van der Waals surface area contributed by atoms with Crippen LogP contribution in [0.15, 0.2) is 52.2 Å². The first-order valence-electron chi connectivity index (χ1n) is 11.2. The minimum Gasteiger partial charge on any atom is -0.356 e. The Morgan fingerprint density at radius 3 is 2.84 bits per heavy atom. The van der Waals surface area contributed by atoms with Crippen LogP contribution in [-0.2, 0) is 9.73 Å². The average molecular weight is 452 g/mol. The van der Waals surface area contributed by atoms with Gasteiger partial charge >= 0.3 is 0 Å². The summed E-state index contributed by atoms with van der Waals surface area (Å²) < 4.78 is 18.6. The molecule has 1 aliphatic rings. The highest BCUT2D eigenvalue weighted by Gasteiger charge is 2.29. The van der Waals surface area contributed by atoms with E-state index in [2.05, 4.69) is 41.5 Å². The molecule has 5 rings (SSSR count). The van der Waals surface area contributed by atoms with E-state index >= 15 is 0 Å². The second-order valence-electron chi connectivity index (χ2n) is 8.59. The zero-order valence-corrected chi connectivity index (χ0v) is 19.3. The second-order valence-corrected chi connectivity index (χ2v) is 10.9. The zero-order valence-electron chi connectivity index (χ0n) is 18.5. The van der Waals surface area contributed by atoms with Crippen molar-refractivity contribution in [2.24, 2.45) is 10.3 Å². The maximum Gasteiger partial charge on any atom is 0.142 e. The number of rotatable bonds is 6. The molecule has 0 radical (unpaired) electrons. The summed E-state index contributed by atoms with van der Waals surface area (Å²) in [4.78, 5) is 15.1. The van der Waals surface area contributed by atoms with Crippen molar-refractivity contribution < 1.29 is 4.21 Å². The lowest BCUT2D eigenvalue weighted by atomic mass is 9.86. The summed E-state index contributed by atoms with van der Waals surface area (Å²) >= 11 is 0. The first kappa shape index (κ1) is 20.9. The smallest absolute Gasteiger partial charge is 0.142 e. The molecule has 0 saturated heterocycles. The highest BCUT2D eigenvalue weighted by Crippen LogP contribution is 2.33. The van der Waals surface area contributed by atoms with Gasteiger partial charge in [0.05, 0.1) is 26.8 Å². The Hall–Kier alpha value is -2.94. The van der Waals surface area contributed by atoms with Gasteiger partial charge in [0.25, 0.3) is 0 Å². The number of benzene rings is 1. The highest BCUT2D eigenvalue weighted by molar-refractivity contribution is 7.93. The van der Waals surface area contributed by atoms with Gasteiger partial charge in [0.1, 0.15) is 17.8 Å². The molecule has 0 aliphatic heterocycles. The predicted octanol–water partition coefficient (Wildman–Crippen LogP) is 4.38. The molecule has 4 aromatic rings. The highest BCUT2D eigenvalue weighted by atomic mass is 32.2. The second kappa shape index (κ2) is 8.54. The van der Waals surface area contributed by atoms with Crippen LogP contribution in [0.25, 0.3) is 21.9 Å². The lowest BCUT2D eigenvalue weighted by Gasteiger charge is -2.35. The van der Waals surface area contributed by atoms with Crippen molar-refractivity contribution in [2.75, 3.05) is 24.2 Å². The summed E-state index contributed by atoms with van der Waals surface area (Å²) in [6.07, 6.45) is 9.50. The third kappa shape index (κ3) is 3.85. The van der Waals surface area contributed by atoms with Gasteiger partial charge in [-0.3, -0.25) is 5.10 Å². The van der Waals surface area contributed by atoms with E-state index in [9.17, 15) is 4.21 Å². The number of anilines is 1. The number of aromatic nitrogens is 5. The Morgan fingerprint density at radius 1 is 1.19 bits per heavy atom. The summed E-state index contributed by atoms with van der Waals surface area (Å²) in [6.45, 7) is 2.52. The number of aromatic amines is 2. The van der Waals surface area contributed by atoms with Crippen LogP contribution in [0.4, 0.5) is 5.82 Å². The van der Waals surface area contributed by atoms with Gasteiger partial charge in [0.15, 0.2) is 0 Å². The molecule has 0 spiro atoms. The van der Waals surface area contributed by atoms with Crippen molar-refractivity contribution in [2.45, 2.75) is 43.5 Å². The SMILES string of the molecule is CCN=S(=O)(CC1CCC(N(C)c2ncnc3[nH]ccc23)CC1)c1ccc2[nH]ncc2c1. The molecule has 1 unspecified atom stereocenters. The summed E-state index contributed by atoms with van der Waals surface area (Å²) in [5.74, 6) is 1.99. The number of hydrogen-bond donors (Lipinski definition) is 2. The van der Waals surface area contributed by atoms with Crippen molar-refractivity contribution in [1.29, 1.82) is 0 Å². The van der Waals surface area contributed by atoms with E-state index in [4.69, 9.17) is 0 Å². The van der Waals surface area contributed by atoms with Gasteiger partial charge in [-0.05, 0) is 62.8 Å². The molecule has 0 bridgehead atoms. The van der Waals surface area contributed by atoms with Crippen molar-refractivity contribution >= 4 is 37.5 Å². The minimum absolute atomic E-state index is 0.403. The first-order chi connectivity index (χ1) is 15.6. The molecule has 3 heterocycles. The number of H-pyrrole nitrogens is 2. The third-order valence-corrected chi connectivity index (χ3v) is 9.20. The van der Waals surface area contributed by atoms with Crippen LogP contribution < -0.4 is 4.90 Å². The monoisotopic (exact) mass is 451 g/mol. The molecule has 168 valence electrons. The summed E-state index contributed by atoms with van der Waals surface area (Å²) in [7, 11) is -0.332. The van der Waals surface area contributed by atoms with Gasteiger partial charge in [-0.25, -0.2) is 18.5 Å². The van der Waals surface area contributed by atoms with E-state index in [0.29, 0.717) is 24.3 Å². The maximum atomic E-state index is 13.9. The fourth-order valence-corrected chi connectivity index (χ4v) is 7.31. The molecule has 0 amide bonds. The Morgan fingerprint density at radius 2 is 2.03 bits per heavy atom. The van der Waals surface area contributed by atoms with E-state index in [0.717, 1.165) is 58.3 Å². The van der Waals surface area contributed by atoms with Gasteiger partial charge in [0.2, 0.25) is 0 Å². The molecule has 2 N–H and O–H groups in total. The Labute approximate surface area is 188 Å². The van der Waals surface area contributed by atoms with Crippen LogP contribution >= 0.6 is 0 Å². The molecule has 32 heavy (non-hydrogen) atoms. The number of fused-ring (bicyclic) bond motifs is 2. The number of nitrogens with one attached hydrogen (secondary N) is 2. The molecule has 1 fully saturated rings. The third-order valence-electron chi connectivity index (χ3n) is 6.61. The normalized spacial score (nSPS) is 20.9. The van der Waals surface area contributed by atoms with Gasteiger partial charge in [-0.1, -0.05) is 0 Å². The van der Waals surface area contributed by atoms with Crippen LogP contribution in [0.1, 0.15) is 32.6 Å². The number of nitrogens with zero attached hydrogens (tertiary/aromatic N) is 5. The van der Waals surface area contributed by atoms with E-state index in [1.165, 1.54) is 0 Å². The van der Waals surface area contributed by atoms with Crippen LogP contribution in [0.5, 0.6) is 0 Å². The lowest BCUT2D eigenvalue weighted by Crippen LogP contribution is -2.37. The Bertz CT molecular complexity index is 1340. The predicted molar refractivity (Wildman–Crippen MR) is 128 cm³/mol. The van der Waals surface area contributed by atoms with Crippen LogP contribution in [0.2, 0.25) is 0 Å². The maximum absolute atomic E-state index is 13.9. The standard InChI is InChI=1S/C23H29N7OS/c1-3-28-32(31,19-8-9-21-17(12-19)13-27-29-21)14-16-4-6-18(7-5-16)30(2)23-20-10-11-24-22(20)25-15-26-23/h8-13,15-16,18H,3-7,14H2,1-2H3,(H,27,29)(H,24,25,26). The molecule has 3 aromatic heterocycles. The largest absolute Gasteiger partial charge is 0.356 e. The van der Waals surface area contributed by atoms with Crippen LogP contribution in [0.3, 0.4) is 0 Å². The van der Waals surface area contributed by atoms with E-state index in [1.54, 1.807) is 12.5 Å². The topological polar surface area (TPSA) is 103 Å². The van der Waals surface area contributed by atoms with Crippen molar-refractivity contribution in [3.8, 4) is 0 Å². The molecule has 8 nitrogen and oxygen atoms in total. The van der Waals surface area contributed by atoms with Gasteiger partial charge in [-0.15, -0.1) is 0 Å². The summed E-state index contributed by atoms with van der Waals surface area (Å²) in [5, 5.41) is 9.08. The van der Waals surface area contributed by atoms with Gasteiger partial charge < -0.3 is 9.88 Å². The zero-order chi connectivity index (χ0) is 22.1. The van der Waals surface area contributed by atoms with E-state index in [-0.39, 0.29) is 0 Å². The minimum atomic E-state index is -2.45. The fourth-order valence-electron chi connectivity index (χ4n) is 4.88. The first-order valence-corrected chi connectivity index (χ1v) is 12.9. The molecule has 1 saturated carbocycles. The molecular weight excluding hydrogens is 422 g/mol. The van der Waals surface area contributed by atoms with E-state index in [1.807, 2.05) is 37.4 Å². The van der Waals surface area contributed by atoms with Crippen molar-refractivity contribution in [3.05, 3.63) is 43.0 Å². The van der Waals surface area contributed by atoms with Crippen LogP contribution in [0, 0.1) is 5.92 Å². The van der Waals surface area contributed by atoms with Crippen LogP contribution in [-0.4, -0.2) is 54.7 Å². The molecule has 1 atom stereocenters. The molecular formula is C23H29N7OS.